The van der Waals surface area contributed by atoms with Crippen molar-refractivity contribution in [3.05, 3.63) is 65.0 Å². The number of benzene rings is 2. The Hall–Kier alpha value is -1.50. The van der Waals surface area contributed by atoms with E-state index in [1.807, 2.05) is 0 Å². The summed E-state index contributed by atoms with van der Waals surface area (Å²) in [7, 11) is 0. The van der Waals surface area contributed by atoms with Crippen molar-refractivity contribution in [1.29, 1.82) is 0 Å². The summed E-state index contributed by atoms with van der Waals surface area (Å²) in [6, 6.07) is 8.49. The average Bonchev–Trinajstić information content (AvgIpc) is 2.47. The van der Waals surface area contributed by atoms with Gasteiger partial charge >= 0.3 is 0 Å². The van der Waals surface area contributed by atoms with Gasteiger partial charge in [0.2, 0.25) is 0 Å². The van der Waals surface area contributed by atoms with Crippen LogP contribution in [-0.4, -0.2) is 5.75 Å². The number of aryl methyl sites for hydroxylation is 1. The highest BCUT2D eigenvalue weighted by atomic mass is 32.2. The van der Waals surface area contributed by atoms with Gasteiger partial charge in [0.25, 0.3) is 0 Å². The Kier molecular flexibility index (Phi) is 5.27. The first kappa shape index (κ1) is 15.9. The minimum absolute atomic E-state index is 0.157. The summed E-state index contributed by atoms with van der Waals surface area (Å²) in [6.07, 6.45) is 0. The number of hydrazine groups is 1. The highest BCUT2D eigenvalue weighted by molar-refractivity contribution is 7.99. The number of hydrogen-bond acceptors (Lipinski definition) is 3. The zero-order valence-corrected chi connectivity index (χ0v) is 12.2. The van der Waals surface area contributed by atoms with Gasteiger partial charge in [0, 0.05) is 16.2 Å². The molecule has 0 spiro atoms. The Morgan fingerprint density at radius 1 is 1.14 bits per heavy atom. The van der Waals surface area contributed by atoms with Crippen molar-refractivity contribution in [3.8, 4) is 0 Å². The summed E-state index contributed by atoms with van der Waals surface area (Å²) in [4.78, 5) is 0.697. The zero-order chi connectivity index (χ0) is 15.4. The van der Waals surface area contributed by atoms with Crippen molar-refractivity contribution in [3.63, 3.8) is 0 Å². The SMILES string of the molecule is Cc1ccc(C(CSc2cccc(F)c2)NN)c(F)c1F. The second-order valence-electron chi connectivity index (χ2n) is 4.59. The quantitative estimate of drug-likeness (QED) is 0.502. The predicted octanol–water partition coefficient (Wildman–Crippen LogP) is 3.71. The van der Waals surface area contributed by atoms with E-state index in [0.29, 0.717) is 10.6 Å². The first-order valence-corrected chi connectivity index (χ1v) is 7.30. The van der Waals surface area contributed by atoms with Gasteiger partial charge in [0.05, 0.1) is 6.04 Å². The van der Waals surface area contributed by atoms with Crippen LogP contribution in [0.5, 0.6) is 0 Å². The molecule has 0 heterocycles. The molecule has 0 aliphatic heterocycles. The first-order valence-electron chi connectivity index (χ1n) is 6.32. The van der Waals surface area contributed by atoms with E-state index in [0.717, 1.165) is 0 Å². The lowest BCUT2D eigenvalue weighted by molar-refractivity contribution is 0.474. The van der Waals surface area contributed by atoms with Crippen LogP contribution in [0, 0.1) is 24.4 Å². The van der Waals surface area contributed by atoms with Crippen molar-refractivity contribution in [2.24, 2.45) is 5.84 Å². The summed E-state index contributed by atoms with van der Waals surface area (Å²) in [5, 5.41) is 0. The second-order valence-corrected chi connectivity index (χ2v) is 5.68. The number of nitrogens with two attached hydrogens (primary N) is 1. The monoisotopic (exact) mass is 312 g/mol. The number of nitrogens with one attached hydrogen (secondary N) is 1. The molecule has 21 heavy (non-hydrogen) atoms. The summed E-state index contributed by atoms with van der Waals surface area (Å²) in [6.45, 7) is 1.49. The molecule has 2 nitrogen and oxygen atoms in total. The third kappa shape index (κ3) is 3.78. The first-order chi connectivity index (χ1) is 10.0. The average molecular weight is 312 g/mol. The van der Waals surface area contributed by atoms with Gasteiger partial charge < -0.3 is 0 Å². The van der Waals surface area contributed by atoms with E-state index >= 15 is 0 Å². The summed E-state index contributed by atoms with van der Waals surface area (Å²) < 4.78 is 40.6. The molecule has 0 radical (unpaired) electrons. The molecule has 6 heteroatoms. The highest BCUT2D eigenvalue weighted by Gasteiger charge is 2.19. The molecule has 1 unspecified atom stereocenters. The van der Waals surface area contributed by atoms with Crippen LogP contribution in [0.25, 0.3) is 0 Å². The van der Waals surface area contributed by atoms with Gasteiger partial charge in [0.15, 0.2) is 11.6 Å². The van der Waals surface area contributed by atoms with Gasteiger partial charge in [-0.3, -0.25) is 11.3 Å². The molecule has 2 aromatic rings. The van der Waals surface area contributed by atoms with E-state index in [2.05, 4.69) is 5.43 Å². The van der Waals surface area contributed by atoms with E-state index in [9.17, 15) is 13.2 Å². The molecular formula is C15H15F3N2S. The van der Waals surface area contributed by atoms with Gasteiger partial charge in [-0.05, 0) is 30.7 Å². The van der Waals surface area contributed by atoms with E-state index < -0.39 is 17.7 Å². The fourth-order valence-corrected chi connectivity index (χ4v) is 2.90. The summed E-state index contributed by atoms with van der Waals surface area (Å²) >= 11 is 1.31. The number of hydrogen-bond donors (Lipinski definition) is 2. The Morgan fingerprint density at radius 2 is 1.90 bits per heavy atom. The molecule has 0 aliphatic carbocycles. The van der Waals surface area contributed by atoms with Crippen molar-refractivity contribution in [1.82, 2.24) is 5.43 Å². The standard InChI is InChI=1S/C15H15F3N2S/c1-9-5-6-12(15(18)14(9)17)13(20-19)8-21-11-4-2-3-10(16)7-11/h2-7,13,20H,8,19H2,1H3. The normalized spacial score (nSPS) is 12.4. The molecular weight excluding hydrogens is 297 g/mol. The molecule has 0 saturated heterocycles. The molecule has 0 aliphatic rings. The molecule has 112 valence electrons. The van der Waals surface area contributed by atoms with Gasteiger partial charge in [-0.2, -0.15) is 0 Å². The summed E-state index contributed by atoms with van der Waals surface area (Å²) in [5.41, 5.74) is 2.87. The molecule has 1 atom stereocenters. The lowest BCUT2D eigenvalue weighted by atomic mass is 10.1. The molecule has 0 bridgehead atoms. The fraction of sp³-hybridized carbons (Fsp3) is 0.200. The Balaban J connectivity index is 2.15. The maximum atomic E-state index is 13.9. The molecule has 3 N–H and O–H groups in total. The lowest BCUT2D eigenvalue weighted by Crippen LogP contribution is -2.30. The Bertz CT molecular complexity index is 634. The lowest BCUT2D eigenvalue weighted by Gasteiger charge is -2.17. The van der Waals surface area contributed by atoms with Crippen molar-refractivity contribution < 1.29 is 13.2 Å². The third-order valence-corrected chi connectivity index (χ3v) is 4.18. The Labute approximate surface area is 125 Å². The van der Waals surface area contributed by atoms with E-state index in [4.69, 9.17) is 5.84 Å². The molecule has 2 aromatic carbocycles. The van der Waals surface area contributed by atoms with Gasteiger partial charge in [-0.15, -0.1) is 11.8 Å². The van der Waals surface area contributed by atoms with E-state index in [1.54, 1.807) is 12.1 Å². The molecule has 2 rings (SSSR count). The van der Waals surface area contributed by atoms with Crippen LogP contribution < -0.4 is 11.3 Å². The van der Waals surface area contributed by atoms with Crippen LogP contribution in [0.15, 0.2) is 41.3 Å². The third-order valence-electron chi connectivity index (χ3n) is 3.09. The zero-order valence-electron chi connectivity index (χ0n) is 11.4. The van der Waals surface area contributed by atoms with Crippen molar-refractivity contribution in [2.75, 3.05) is 5.75 Å². The van der Waals surface area contributed by atoms with Crippen LogP contribution in [-0.2, 0) is 0 Å². The van der Waals surface area contributed by atoms with Gasteiger partial charge in [0.1, 0.15) is 5.82 Å². The molecule has 0 saturated carbocycles. The van der Waals surface area contributed by atoms with Crippen LogP contribution >= 0.6 is 11.8 Å². The second kappa shape index (κ2) is 6.98. The number of halogens is 3. The maximum absolute atomic E-state index is 13.9. The number of rotatable bonds is 5. The van der Waals surface area contributed by atoms with Gasteiger partial charge in [-0.1, -0.05) is 18.2 Å². The molecule has 0 amide bonds. The van der Waals surface area contributed by atoms with Gasteiger partial charge in [-0.25, -0.2) is 13.2 Å². The van der Waals surface area contributed by atoms with Crippen LogP contribution in [0.3, 0.4) is 0 Å². The maximum Gasteiger partial charge on any atom is 0.163 e. The fourth-order valence-electron chi connectivity index (χ4n) is 1.89. The van der Waals surface area contributed by atoms with Crippen LogP contribution in [0.4, 0.5) is 13.2 Å². The van der Waals surface area contributed by atoms with Crippen LogP contribution in [0.2, 0.25) is 0 Å². The van der Waals surface area contributed by atoms with E-state index in [1.165, 1.54) is 43.0 Å². The van der Waals surface area contributed by atoms with Crippen LogP contribution in [0.1, 0.15) is 17.2 Å². The van der Waals surface area contributed by atoms with E-state index in [-0.39, 0.29) is 16.9 Å². The molecule has 0 fully saturated rings. The summed E-state index contributed by atoms with van der Waals surface area (Å²) in [5.74, 6) is 3.66. The van der Waals surface area contributed by atoms with Crippen molar-refractivity contribution >= 4 is 11.8 Å². The smallest absolute Gasteiger partial charge is 0.163 e. The Morgan fingerprint density at radius 3 is 2.57 bits per heavy atom. The predicted molar refractivity (Wildman–Crippen MR) is 78.3 cm³/mol. The largest absolute Gasteiger partial charge is 0.271 e. The minimum Gasteiger partial charge on any atom is -0.271 e. The number of thioether (sulfide) groups is 1. The topological polar surface area (TPSA) is 38.0 Å². The van der Waals surface area contributed by atoms with Crippen molar-refractivity contribution in [2.45, 2.75) is 17.9 Å². The molecule has 0 aromatic heterocycles. The minimum atomic E-state index is -0.905. The highest BCUT2D eigenvalue weighted by Crippen LogP contribution is 2.27.